The van der Waals surface area contributed by atoms with E-state index in [2.05, 4.69) is 9.88 Å². The number of rotatable bonds is 4. The number of nitrogens with zero attached hydrogens (tertiary/aromatic N) is 5. The molecule has 4 rings (SSSR count). The highest BCUT2D eigenvalue weighted by Crippen LogP contribution is 2.22. The molecule has 2 aliphatic heterocycles. The minimum atomic E-state index is -0.0211. The van der Waals surface area contributed by atoms with Crippen molar-refractivity contribution in [2.75, 3.05) is 39.3 Å². The van der Waals surface area contributed by atoms with Crippen molar-refractivity contribution in [1.29, 1.82) is 0 Å². The number of likely N-dealkylation sites (tertiary alicyclic amines) is 1. The van der Waals surface area contributed by atoms with Crippen LogP contribution >= 0.6 is 11.6 Å². The monoisotopic (exact) mass is 429 g/mol. The molecule has 1 aromatic heterocycles. The lowest BCUT2D eigenvalue weighted by molar-refractivity contribution is -0.138. The SMILES string of the molecule is Cn1ccnc1CN1CCC(C(=O)N2CCN(C(=O)c3cccc(Cl)c3)CC2)CC1. The second kappa shape index (κ2) is 9.18. The topological polar surface area (TPSA) is 61.7 Å². The lowest BCUT2D eigenvalue weighted by atomic mass is 9.95. The molecule has 3 heterocycles. The molecule has 0 saturated carbocycles. The molecule has 0 radical (unpaired) electrons. The maximum Gasteiger partial charge on any atom is 0.254 e. The summed E-state index contributed by atoms with van der Waals surface area (Å²) in [7, 11) is 2.01. The molecular weight excluding hydrogens is 402 g/mol. The summed E-state index contributed by atoms with van der Waals surface area (Å²) in [5.41, 5.74) is 0.599. The molecule has 0 spiro atoms. The van der Waals surface area contributed by atoms with Crippen molar-refractivity contribution in [2.45, 2.75) is 19.4 Å². The van der Waals surface area contributed by atoms with Crippen molar-refractivity contribution in [2.24, 2.45) is 13.0 Å². The third kappa shape index (κ3) is 4.68. The van der Waals surface area contributed by atoms with Gasteiger partial charge in [0.15, 0.2) is 0 Å². The van der Waals surface area contributed by atoms with E-state index in [1.807, 2.05) is 33.8 Å². The number of piperazine rings is 1. The third-order valence-electron chi connectivity index (χ3n) is 6.17. The molecule has 8 heteroatoms. The van der Waals surface area contributed by atoms with E-state index in [0.717, 1.165) is 38.3 Å². The lowest BCUT2D eigenvalue weighted by Crippen LogP contribution is -2.53. The number of imidazole rings is 1. The number of hydrogen-bond donors (Lipinski definition) is 0. The molecule has 2 amide bonds. The van der Waals surface area contributed by atoms with Crippen LogP contribution in [-0.2, 0) is 18.4 Å². The van der Waals surface area contributed by atoms with E-state index in [1.165, 1.54) is 0 Å². The van der Waals surface area contributed by atoms with Gasteiger partial charge >= 0.3 is 0 Å². The molecule has 160 valence electrons. The van der Waals surface area contributed by atoms with Gasteiger partial charge in [-0.2, -0.15) is 0 Å². The first-order valence-corrected chi connectivity index (χ1v) is 10.9. The van der Waals surface area contributed by atoms with Gasteiger partial charge in [0.25, 0.3) is 5.91 Å². The Morgan fingerprint density at radius 1 is 1.07 bits per heavy atom. The van der Waals surface area contributed by atoms with Gasteiger partial charge in [-0.3, -0.25) is 14.5 Å². The number of hydrogen-bond acceptors (Lipinski definition) is 4. The Kier molecular flexibility index (Phi) is 6.39. The summed E-state index contributed by atoms with van der Waals surface area (Å²) in [5, 5.41) is 0.559. The Labute approximate surface area is 182 Å². The second-order valence-electron chi connectivity index (χ2n) is 8.13. The Hall–Kier alpha value is -2.38. The summed E-state index contributed by atoms with van der Waals surface area (Å²) in [4.78, 5) is 36.2. The predicted octanol–water partition coefficient (Wildman–Crippen LogP) is 2.27. The molecule has 2 aliphatic rings. The highest BCUT2D eigenvalue weighted by atomic mass is 35.5. The molecule has 30 heavy (non-hydrogen) atoms. The molecule has 2 aromatic rings. The van der Waals surface area contributed by atoms with Crippen LogP contribution in [0.2, 0.25) is 5.02 Å². The van der Waals surface area contributed by atoms with Crippen molar-refractivity contribution < 1.29 is 9.59 Å². The average Bonchev–Trinajstić information content (AvgIpc) is 3.18. The number of benzene rings is 1. The minimum Gasteiger partial charge on any atom is -0.339 e. The fourth-order valence-corrected chi connectivity index (χ4v) is 4.47. The van der Waals surface area contributed by atoms with Crippen LogP contribution in [0.3, 0.4) is 0 Å². The van der Waals surface area contributed by atoms with Crippen LogP contribution in [-0.4, -0.2) is 75.3 Å². The van der Waals surface area contributed by atoms with Crippen molar-refractivity contribution in [3.63, 3.8) is 0 Å². The van der Waals surface area contributed by atoms with Crippen LogP contribution in [0.25, 0.3) is 0 Å². The molecule has 1 aromatic carbocycles. The van der Waals surface area contributed by atoms with Gasteiger partial charge in [0.2, 0.25) is 5.91 Å². The van der Waals surface area contributed by atoms with Gasteiger partial charge in [0, 0.05) is 62.1 Å². The normalized spacial score (nSPS) is 18.6. The summed E-state index contributed by atoms with van der Waals surface area (Å²) in [6, 6.07) is 7.02. The Morgan fingerprint density at radius 3 is 2.40 bits per heavy atom. The zero-order chi connectivity index (χ0) is 21.1. The van der Waals surface area contributed by atoms with Crippen LogP contribution < -0.4 is 0 Å². The number of piperidine rings is 1. The van der Waals surface area contributed by atoms with Gasteiger partial charge < -0.3 is 14.4 Å². The van der Waals surface area contributed by atoms with E-state index < -0.39 is 0 Å². The van der Waals surface area contributed by atoms with Crippen LogP contribution in [0.15, 0.2) is 36.7 Å². The van der Waals surface area contributed by atoms with Gasteiger partial charge in [0.1, 0.15) is 5.82 Å². The summed E-state index contributed by atoms with van der Waals surface area (Å²) >= 11 is 6.00. The fourth-order valence-electron chi connectivity index (χ4n) is 4.28. The number of carbonyl (C=O) groups excluding carboxylic acids is 2. The quantitative estimate of drug-likeness (QED) is 0.748. The number of aryl methyl sites for hydroxylation is 1. The number of halogens is 1. The Bertz CT molecular complexity index is 898. The van der Waals surface area contributed by atoms with Crippen LogP contribution in [0.4, 0.5) is 0 Å². The van der Waals surface area contributed by atoms with E-state index in [0.29, 0.717) is 36.8 Å². The first-order chi connectivity index (χ1) is 14.5. The number of amides is 2. The van der Waals surface area contributed by atoms with E-state index in [4.69, 9.17) is 11.6 Å². The van der Waals surface area contributed by atoms with Gasteiger partial charge in [-0.15, -0.1) is 0 Å². The zero-order valence-electron chi connectivity index (χ0n) is 17.3. The molecule has 2 fully saturated rings. The molecule has 0 atom stereocenters. The molecule has 0 N–H and O–H groups in total. The average molecular weight is 430 g/mol. The molecule has 0 aliphatic carbocycles. The zero-order valence-corrected chi connectivity index (χ0v) is 18.1. The predicted molar refractivity (Wildman–Crippen MR) is 115 cm³/mol. The van der Waals surface area contributed by atoms with Gasteiger partial charge in [-0.05, 0) is 44.1 Å². The van der Waals surface area contributed by atoms with Gasteiger partial charge in [-0.25, -0.2) is 4.98 Å². The lowest BCUT2D eigenvalue weighted by Gasteiger charge is -2.38. The largest absolute Gasteiger partial charge is 0.339 e. The molecule has 7 nitrogen and oxygen atoms in total. The molecule has 0 unspecified atom stereocenters. The number of carbonyl (C=O) groups is 2. The molecule has 0 bridgehead atoms. The Morgan fingerprint density at radius 2 is 1.77 bits per heavy atom. The maximum atomic E-state index is 13.0. The minimum absolute atomic E-state index is 0.0211. The van der Waals surface area contributed by atoms with E-state index in [-0.39, 0.29) is 17.7 Å². The smallest absolute Gasteiger partial charge is 0.254 e. The van der Waals surface area contributed by atoms with E-state index in [1.54, 1.807) is 24.3 Å². The highest BCUT2D eigenvalue weighted by Gasteiger charge is 2.31. The standard InChI is InChI=1S/C22H28ClN5O2/c1-25-10-7-24-20(25)16-26-8-5-17(6-9-26)21(29)27-11-13-28(14-12-27)22(30)18-3-2-4-19(23)15-18/h2-4,7,10,15,17H,5-6,8-9,11-14,16H2,1H3. The van der Waals surface area contributed by atoms with Crippen molar-refractivity contribution in [3.05, 3.63) is 53.1 Å². The van der Waals surface area contributed by atoms with Crippen LogP contribution in [0.1, 0.15) is 29.0 Å². The second-order valence-corrected chi connectivity index (χ2v) is 8.57. The first-order valence-electron chi connectivity index (χ1n) is 10.5. The molecular formula is C22H28ClN5O2. The van der Waals surface area contributed by atoms with Crippen LogP contribution in [0.5, 0.6) is 0 Å². The van der Waals surface area contributed by atoms with Gasteiger partial charge in [0.05, 0.1) is 6.54 Å². The third-order valence-corrected chi connectivity index (χ3v) is 6.41. The Balaban J connectivity index is 1.25. The maximum absolute atomic E-state index is 13.0. The van der Waals surface area contributed by atoms with Gasteiger partial charge in [-0.1, -0.05) is 17.7 Å². The molecule has 2 saturated heterocycles. The summed E-state index contributed by atoms with van der Waals surface area (Å²) in [5.74, 6) is 1.35. The summed E-state index contributed by atoms with van der Waals surface area (Å²) < 4.78 is 2.04. The fraction of sp³-hybridized carbons (Fsp3) is 0.500. The summed E-state index contributed by atoms with van der Waals surface area (Å²) in [6.07, 6.45) is 5.54. The highest BCUT2D eigenvalue weighted by molar-refractivity contribution is 6.30. The van der Waals surface area contributed by atoms with E-state index >= 15 is 0 Å². The van der Waals surface area contributed by atoms with Crippen molar-refractivity contribution in [3.8, 4) is 0 Å². The van der Waals surface area contributed by atoms with Crippen molar-refractivity contribution >= 4 is 23.4 Å². The van der Waals surface area contributed by atoms with Crippen molar-refractivity contribution in [1.82, 2.24) is 24.3 Å². The summed E-state index contributed by atoms with van der Waals surface area (Å²) in [6.45, 7) is 4.98. The van der Waals surface area contributed by atoms with E-state index in [9.17, 15) is 9.59 Å². The van der Waals surface area contributed by atoms with Crippen LogP contribution in [0, 0.1) is 5.92 Å². The number of aromatic nitrogens is 2. The first kappa shape index (κ1) is 20.9.